The van der Waals surface area contributed by atoms with Gasteiger partial charge in [0.15, 0.2) is 11.5 Å². The number of ether oxygens (including phenoxy) is 2. The van der Waals surface area contributed by atoms with Crippen LogP contribution in [0.2, 0.25) is 0 Å². The smallest absolute Gasteiger partial charge is 0.251 e. The monoisotopic (exact) mass is 382 g/mol. The first-order valence-electron chi connectivity index (χ1n) is 9.18. The molecule has 0 radical (unpaired) electrons. The van der Waals surface area contributed by atoms with Crippen molar-refractivity contribution in [1.29, 1.82) is 0 Å². The highest BCUT2D eigenvalue weighted by Gasteiger charge is 2.13. The van der Waals surface area contributed by atoms with Crippen LogP contribution in [0.25, 0.3) is 0 Å². The lowest BCUT2D eigenvalue weighted by Crippen LogP contribution is -2.36. The molecule has 1 aromatic rings. The molecule has 1 aliphatic rings. The zero-order chi connectivity index (χ0) is 17.9. The fourth-order valence-electron chi connectivity index (χ4n) is 3.11. The van der Waals surface area contributed by atoms with Crippen molar-refractivity contribution in [3.63, 3.8) is 0 Å². The number of benzene rings is 1. The number of carbonyl (C=O) groups excluding carboxylic acids is 1. The molecule has 2 rings (SSSR count). The molecule has 0 heterocycles. The molecule has 0 unspecified atom stereocenters. The summed E-state index contributed by atoms with van der Waals surface area (Å²) >= 11 is 0. The van der Waals surface area contributed by atoms with Crippen molar-refractivity contribution < 1.29 is 14.3 Å². The highest BCUT2D eigenvalue weighted by molar-refractivity contribution is 5.94. The maximum atomic E-state index is 12.3. The number of nitrogens with one attached hydrogen (secondary N) is 2. The quantitative estimate of drug-likeness (QED) is 0.388. The average molecular weight is 383 g/mol. The summed E-state index contributed by atoms with van der Waals surface area (Å²) in [6.07, 6.45) is 9.48. The minimum Gasteiger partial charge on any atom is -0.493 e. The van der Waals surface area contributed by atoms with Crippen molar-refractivity contribution in [2.75, 3.05) is 26.8 Å². The van der Waals surface area contributed by atoms with E-state index in [9.17, 15) is 4.79 Å². The zero-order valence-corrected chi connectivity index (χ0v) is 16.4. The van der Waals surface area contributed by atoms with E-state index in [1.807, 2.05) is 0 Å². The fourth-order valence-corrected chi connectivity index (χ4v) is 3.11. The molecule has 1 fully saturated rings. The Kier molecular flexibility index (Phi) is 10.8. The Morgan fingerprint density at radius 1 is 1.19 bits per heavy atom. The molecule has 6 heteroatoms. The van der Waals surface area contributed by atoms with Gasteiger partial charge in [-0.25, -0.2) is 0 Å². The van der Waals surface area contributed by atoms with Crippen molar-refractivity contribution in [3.8, 4) is 11.5 Å². The van der Waals surface area contributed by atoms with Gasteiger partial charge in [0, 0.05) is 24.7 Å². The van der Waals surface area contributed by atoms with Crippen LogP contribution in [-0.2, 0) is 0 Å². The number of rotatable bonds is 9. The molecular formula is C20H31ClN2O3. The number of amides is 1. The van der Waals surface area contributed by atoms with Gasteiger partial charge in [-0.3, -0.25) is 4.79 Å². The number of methoxy groups -OCH3 is 1. The maximum absolute atomic E-state index is 12.3. The van der Waals surface area contributed by atoms with E-state index in [2.05, 4.69) is 17.2 Å². The van der Waals surface area contributed by atoms with Crippen molar-refractivity contribution in [2.24, 2.45) is 0 Å². The Balaban J connectivity index is 0.00000338. The van der Waals surface area contributed by atoms with Gasteiger partial charge in [0.1, 0.15) is 6.61 Å². The van der Waals surface area contributed by atoms with Crippen LogP contribution in [0.5, 0.6) is 11.5 Å². The number of halogens is 1. The second kappa shape index (κ2) is 12.6. The van der Waals surface area contributed by atoms with Gasteiger partial charge in [0.2, 0.25) is 0 Å². The Labute approximate surface area is 162 Å². The predicted molar refractivity (Wildman–Crippen MR) is 108 cm³/mol. The molecule has 1 saturated carbocycles. The Morgan fingerprint density at radius 2 is 1.92 bits per heavy atom. The number of hydrogen-bond donors (Lipinski definition) is 2. The predicted octanol–water partition coefficient (Wildman–Crippen LogP) is 3.72. The van der Waals surface area contributed by atoms with E-state index in [4.69, 9.17) is 9.47 Å². The third-order valence-electron chi connectivity index (χ3n) is 4.48. The maximum Gasteiger partial charge on any atom is 0.251 e. The van der Waals surface area contributed by atoms with Crippen LogP contribution in [0.1, 0.15) is 48.9 Å². The SMILES string of the molecule is C=CCOc1ccc(C(=O)NCCNC2CCCCCC2)cc1OC.Cl. The summed E-state index contributed by atoms with van der Waals surface area (Å²) in [4.78, 5) is 12.3. The molecule has 1 aromatic carbocycles. The van der Waals surface area contributed by atoms with E-state index in [1.54, 1.807) is 31.4 Å². The molecule has 146 valence electrons. The van der Waals surface area contributed by atoms with E-state index in [-0.39, 0.29) is 18.3 Å². The molecule has 0 bridgehead atoms. The Morgan fingerprint density at radius 3 is 2.58 bits per heavy atom. The van der Waals surface area contributed by atoms with Crippen LogP contribution in [0.4, 0.5) is 0 Å². The molecular weight excluding hydrogens is 352 g/mol. The van der Waals surface area contributed by atoms with Gasteiger partial charge in [-0.15, -0.1) is 12.4 Å². The highest BCUT2D eigenvalue weighted by atomic mass is 35.5. The van der Waals surface area contributed by atoms with Gasteiger partial charge in [-0.2, -0.15) is 0 Å². The lowest BCUT2D eigenvalue weighted by molar-refractivity contribution is 0.0953. The first-order chi connectivity index (χ1) is 12.2. The minimum absolute atomic E-state index is 0. The summed E-state index contributed by atoms with van der Waals surface area (Å²) in [5.74, 6) is 1.05. The molecule has 0 spiro atoms. The Bertz CT molecular complexity index is 558. The Hall–Kier alpha value is -1.72. The summed E-state index contributed by atoms with van der Waals surface area (Å²) in [6, 6.07) is 5.79. The molecule has 0 aromatic heterocycles. The second-order valence-corrected chi connectivity index (χ2v) is 6.36. The molecule has 1 aliphatic carbocycles. The standard InChI is InChI=1S/C20H30N2O3.ClH/c1-3-14-25-18-11-10-16(15-19(18)24-2)20(23)22-13-12-21-17-8-6-4-5-7-9-17;/h3,10-11,15,17,21H,1,4-9,12-14H2,2H3,(H,22,23);1H. The van der Waals surface area contributed by atoms with Crippen LogP contribution in [0, 0.1) is 0 Å². The molecule has 0 atom stereocenters. The van der Waals surface area contributed by atoms with Gasteiger partial charge in [0.25, 0.3) is 5.91 Å². The van der Waals surface area contributed by atoms with Crippen LogP contribution in [0.15, 0.2) is 30.9 Å². The first-order valence-corrected chi connectivity index (χ1v) is 9.18. The fraction of sp³-hybridized carbons (Fsp3) is 0.550. The third kappa shape index (κ3) is 7.26. The van der Waals surface area contributed by atoms with E-state index >= 15 is 0 Å². The summed E-state index contributed by atoms with van der Waals surface area (Å²) in [5, 5.41) is 6.51. The van der Waals surface area contributed by atoms with E-state index in [1.165, 1.54) is 38.5 Å². The van der Waals surface area contributed by atoms with E-state index in [0.29, 0.717) is 36.3 Å². The van der Waals surface area contributed by atoms with Gasteiger partial charge in [-0.05, 0) is 31.0 Å². The first kappa shape index (κ1) is 22.3. The minimum atomic E-state index is -0.101. The summed E-state index contributed by atoms with van der Waals surface area (Å²) < 4.78 is 10.8. The van der Waals surface area contributed by atoms with Crippen molar-refractivity contribution in [3.05, 3.63) is 36.4 Å². The third-order valence-corrected chi connectivity index (χ3v) is 4.48. The molecule has 5 nitrogen and oxygen atoms in total. The van der Waals surface area contributed by atoms with Gasteiger partial charge < -0.3 is 20.1 Å². The zero-order valence-electron chi connectivity index (χ0n) is 15.6. The normalized spacial score (nSPS) is 14.7. The van der Waals surface area contributed by atoms with E-state index in [0.717, 1.165) is 6.54 Å². The largest absolute Gasteiger partial charge is 0.493 e. The van der Waals surface area contributed by atoms with Crippen LogP contribution < -0.4 is 20.1 Å². The van der Waals surface area contributed by atoms with Crippen molar-refractivity contribution >= 4 is 18.3 Å². The van der Waals surface area contributed by atoms with Gasteiger partial charge in [0.05, 0.1) is 7.11 Å². The molecule has 1 amide bonds. The van der Waals surface area contributed by atoms with Crippen LogP contribution >= 0.6 is 12.4 Å². The number of hydrogen-bond acceptors (Lipinski definition) is 4. The number of carbonyl (C=O) groups is 1. The molecule has 0 saturated heterocycles. The topological polar surface area (TPSA) is 59.6 Å². The highest BCUT2D eigenvalue weighted by Crippen LogP contribution is 2.28. The molecule has 0 aliphatic heterocycles. The van der Waals surface area contributed by atoms with Gasteiger partial charge >= 0.3 is 0 Å². The van der Waals surface area contributed by atoms with Crippen molar-refractivity contribution in [2.45, 2.75) is 44.6 Å². The van der Waals surface area contributed by atoms with Crippen molar-refractivity contribution in [1.82, 2.24) is 10.6 Å². The van der Waals surface area contributed by atoms with E-state index < -0.39 is 0 Å². The summed E-state index contributed by atoms with van der Waals surface area (Å²) in [7, 11) is 1.56. The molecule has 26 heavy (non-hydrogen) atoms. The second-order valence-electron chi connectivity index (χ2n) is 6.36. The average Bonchev–Trinajstić information content (AvgIpc) is 2.92. The van der Waals surface area contributed by atoms with Crippen LogP contribution in [0.3, 0.4) is 0 Å². The van der Waals surface area contributed by atoms with Gasteiger partial charge in [-0.1, -0.05) is 38.3 Å². The summed E-state index contributed by atoms with van der Waals surface area (Å²) in [6.45, 7) is 5.44. The lowest BCUT2D eigenvalue weighted by Gasteiger charge is -2.16. The van der Waals surface area contributed by atoms with Crippen LogP contribution in [-0.4, -0.2) is 38.8 Å². The molecule has 2 N–H and O–H groups in total. The lowest BCUT2D eigenvalue weighted by atomic mass is 10.1. The summed E-state index contributed by atoms with van der Waals surface area (Å²) in [5.41, 5.74) is 0.567.